The summed E-state index contributed by atoms with van der Waals surface area (Å²) in [6.45, 7) is 3.64. The lowest BCUT2D eigenvalue weighted by atomic mass is 10.1. The number of aryl methyl sites for hydroxylation is 2. The molecular weight excluding hydrogens is 230 g/mol. The Morgan fingerprint density at radius 1 is 1.56 bits per heavy atom. The van der Waals surface area contributed by atoms with Gasteiger partial charge in [0.15, 0.2) is 5.76 Å². The van der Waals surface area contributed by atoms with Crippen LogP contribution in [0.5, 0.6) is 0 Å². The van der Waals surface area contributed by atoms with Crippen molar-refractivity contribution in [3.63, 3.8) is 0 Å². The zero-order valence-electron chi connectivity index (χ0n) is 10.0. The molecular formula is C13H11N3O2. The largest absolute Gasteiger partial charge is 0.461 e. The number of hydrogen-bond donors (Lipinski definition) is 1. The lowest BCUT2D eigenvalue weighted by Crippen LogP contribution is -2.00. The summed E-state index contributed by atoms with van der Waals surface area (Å²) in [5, 5.41) is 15.9. The highest BCUT2D eigenvalue weighted by Gasteiger charge is 2.16. The molecule has 0 aliphatic rings. The quantitative estimate of drug-likeness (QED) is 0.508. The summed E-state index contributed by atoms with van der Waals surface area (Å²) in [6, 6.07) is 5.03. The van der Waals surface area contributed by atoms with E-state index in [1.165, 1.54) is 18.4 Å². The van der Waals surface area contributed by atoms with E-state index in [-0.39, 0.29) is 11.3 Å². The van der Waals surface area contributed by atoms with Crippen LogP contribution < -0.4 is 0 Å². The first-order valence-electron chi connectivity index (χ1n) is 5.35. The summed E-state index contributed by atoms with van der Waals surface area (Å²) in [4.78, 5) is 12.0. The average Bonchev–Trinajstić information content (AvgIpc) is 2.98. The number of hydrogen-bond acceptors (Lipinski definition) is 4. The van der Waals surface area contributed by atoms with E-state index in [4.69, 9.17) is 9.68 Å². The monoisotopic (exact) mass is 241 g/mol. The summed E-state index contributed by atoms with van der Waals surface area (Å²) in [5.74, 6) is -0.274. The van der Waals surface area contributed by atoms with Crippen molar-refractivity contribution in [3.8, 4) is 6.07 Å². The number of furan rings is 1. The normalized spacial score (nSPS) is 11.3. The maximum Gasteiger partial charge on any atom is 0.238 e. The van der Waals surface area contributed by atoms with Crippen molar-refractivity contribution in [1.82, 2.24) is 10.2 Å². The molecule has 0 fully saturated rings. The highest BCUT2D eigenvalue weighted by Crippen LogP contribution is 2.17. The molecule has 5 nitrogen and oxygen atoms in total. The Bertz CT molecular complexity index is 623. The number of nitrogens with one attached hydrogen (secondary N) is 1. The molecule has 2 heterocycles. The molecule has 2 aromatic rings. The van der Waals surface area contributed by atoms with E-state index in [0.29, 0.717) is 0 Å². The summed E-state index contributed by atoms with van der Waals surface area (Å²) in [5.41, 5.74) is 2.34. The molecule has 1 N–H and O–H groups in total. The molecule has 2 aromatic heterocycles. The van der Waals surface area contributed by atoms with E-state index in [0.717, 1.165) is 17.0 Å². The molecule has 0 saturated carbocycles. The predicted octanol–water partition coefficient (Wildman–Crippen LogP) is 2.41. The number of H-pyrrole nitrogens is 1. The van der Waals surface area contributed by atoms with E-state index in [1.807, 2.05) is 19.9 Å². The van der Waals surface area contributed by atoms with Crippen LogP contribution >= 0.6 is 0 Å². The first-order valence-corrected chi connectivity index (χ1v) is 5.35. The molecule has 0 amide bonds. The number of aromatic amines is 1. The van der Waals surface area contributed by atoms with Gasteiger partial charge in [0.25, 0.3) is 0 Å². The Kier molecular flexibility index (Phi) is 3.11. The van der Waals surface area contributed by atoms with Gasteiger partial charge in [-0.3, -0.25) is 9.89 Å². The van der Waals surface area contributed by atoms with E-state index in [2.05, 4.69) is 10.2 Å². The maximum absolute atomic E-state index is 12.0. The van der Waals surface area contributed by atoms with Crippen LogP contribution in [0.25, 0.3) is 6.08 Å². The number of nitrogens with zero attached hydrogens (tertiary/aromatic N) is 2. The standard InChI is InChI=1S/C13H11N3O2/c1-8-11(9(2)16-15-8)6-10(7-14)13(17)12-4-3-5-18-12/h3-6H,1-2H3,(H,15,16)/b10-6+. The number of nitriles is 1. The fourth-order valence-corrected chi connectivity index (χ4v) is 1.61. The Labute approximate surface area is 104 Å². The van der Waals surface area contributed by atoms with Crippen LogP contribution in [0.1, 0.15) is 27.5 Å². The highest BCUT2D eigenvalue weighted by molar-refractivity contribution is 6.12. The molecule has 0 radical (unpaired) electrons. The van der Waals surface area contributed by atoms with E-state index < -0.39 is 5.78 Å². The number of carbonyl (C=O) groups is 1. The first-order chi connectivity index (χ1) is 8.63. The molecule has 0 unspecified atom stereocenters. The van der Waals surface area contributed by atoms with Crippen LogP contribution in [-0.2, 0) is 0 Å². The molecule has 90 valence electrons. The van der Waals surface area contributed by atoms with Crippen molar-refractivity contribution in [1.29, 1.82) is 5.26 Å². The van der Waals surface area contributed by atoms with Gasteiger partial charge in [-0.2, -0.15) is 10.4 Å². The third kappa shape index (κ3) is 2.09. The number of allylic oxidation sites excluding steroid dienone is 1. The van der Waals surface area contributed by atoms with Crippen molar-refractivity contribution in [2.75, 3.05) is 0 Å². The van der Waals surface area contributed by atoms with Crippen molar-refractivity contribution in [3.05, 3.63) is 46.7 Å². The minimum atomic E-state index is -0.428. The van der Waals surface area contributed by atoms with E-state index in [9.17, 15) is 4.79 Å². The van der Waals surface area contributed by atoms with Crippen LogP contribution in [0, 0.1) is 25.2 Å². The van der Waals surface area contributed by atoms with Gasteiger partial charge in [-0.25, -0.2) is 0 Å². The Morgan fingerprint density at radius 2 is 2.33 bits per heavy atom. The first kappa shape index (κ1) is 11.9. The number of rotatable bonds is 3. The lowest BCUT2D eigenvalue weighted by molar-refractivity contribution is 0.101. The highest BCUT2D eigenvalue weighted by atomic mass is 16.3. The van der Waals surface area contributed by atoms with Crippen molar-refractivity contribution in [2.24, 2.45) is 0 Å². The van der Waals surface area contributed by atoms with Crippen molar-refractivity contribution in [2.45, 2.75) is 13.8 Å². The summed E-state index contributed by atoms with van der Waals surface area (Å²) >= 11 is 0. The summed E-state index contributed by atoms with van der Waals surface area (Å²) < 4.78 is 4.99. The Hall–Kier alpha value is -2.61. The van der Waals surface area contributed by atoms with Crippen LogP contribution in [0.2, 0.25) is 0 Å². The van der Waals surface area contributed by atoms with Gasteiger partial charge in [-0.05, 0) is 32.1 Å². The van der Waals surface area contributed by atoms with Gasteiger partial charge in [-0.15, -0.1) is 0 Å². The number of Topliss-reactive ketones (excluding diaryl/α,β-unsaturated/α-hetero) is 1. The van der Waals surface area contributed by atoms with Gasteiger partial charge < -0.3 is 4.42 Å². The van der Waals surface area contributed by atoms with Gasteiger partial charge in [0, 0.05) is 11.3 Å². The van der Waals surface area contributed by atoms with Crippen LogP contribution in [0.3, 0.4) is 0 Å². The summed E-state index contributed by atoms with van der Waals surface area (Å²) in [6.07, 6.45) is 2.93. The third-order valence-electron chi connectivity index (χ3n) is 2.58. The molecule has 0 aliphatic heterocycles. The van der Waals surface area contributed by atoms with Gasteiger partial charge in [0.1, 0.15) is 11.6 Å². The number of aromatic nitrogens is 2. The van der Waals surface area contributed by atoms with Gasteiger partial charge >= 0.3 is 0 Å². The molecule has 18 heavy (non-hydrogen) atoms. The zero-order chi connectivity index (χ0) is 13.1. The molecule has 0 saturated heterocycles. The molecule has 5 heteroatoms. The van der Waals surface area contributed by atoms with Crippen LogP contribution in [0.4, 0.5) is 0 Å². The van der Waals surface area contributed by atoms with Gasteiger partial charge in [-0.1, -0.05) is 0 Å². The fraction of sp³-hybridized carbons (Fsp3) is 0.154. The third-order valence-corrected chi connectivity index (χ3v) is 2.58. The minimum absolute atomic E-state index is 0.0255. The van der Waals surface area contributed by atoms with E-state index >= 15 is 0 Å². The molecule has 0 spiro atoms. The molecule has 0 atom stereocenters. The lowest BCUT2D eigenvalue weighted by Gasteiger charge is -1.96. The topological polar surface area (TPSA) is 82.7 Å². The van der Waals surface area contributed by atoms with Crippen molar-refractivity contribution >= 4 is 11.9 Å². The Morgan fingerprint density at radius 3 is 2.83 bits per heavy atom. The second kappa shape index (κ2) is 4.72. The van der Waals surface area contributed by atoms with Crippen molar-refractivity contribution < 1.29 is 9.21 Å². The molecule has 2 rings (SSSR count). The maximum atomic E-state index is 12.0. The van der Waals surface area contributed by atoms with Crippen LogP contribution in [0.15, 0.2) is 28.4 Å². The molecule has 0 aromatic carbocycles. The Balaban J connectivity index is 2.42. The average molecular weight is 241 g/mol. The SMILES string of the molecule is Cc1n[nH]c(C)c1/C=C(\C#N)C(=O)c1ccco1. The molecule has 0 bridgehead atoms. The fourth-order valence-electron chi connectivity index (χ4n) is 1.61. The second-order valence-electron chi connectivity index (χ2n) is 3.82. The minimum Gasteiger partial charge on any atom is -0.461 e. The predicted molar refractivity (Wildman–Crippen MR) is 64.7 cm³/mol. The summed E-state index contributed by atoms with van der Waals surface area (Å²) in [7, 11) is 0. The van der Waals surface area contributed by atoms with Gasteiger partial charge in [0.05, 0.1) is 12.0 Å². The number of ketones is 1. The smallest absolute Gasteiger partial charge is 0.238 e. The number of carbonyl (C=O) groups excluding carboxylic acids is 1. The second-order valence-corrected chi connectivity index (χ2v) is 3.82. The van der Waals surface area contributed by atoms with Gasteiger partial charge in [0.2, 0.25) is 5.78 Å². The molecule has 0 aliphatic carbocycles. The van der Waals surface area contributed by atoms with Crippen LogP contribution in [-0.4, -0.2) is 16.0 Å². The zero-order valence-corrected chi connectivity index (χ0v) is 10.0. The van der Waals surface area contributed by atoms with E-state index in [1.54, 1.807) is 6.07 Å².